The van der Waals surface area contributed by atoms with Crippen LogP contribution in [0, 0.1) is 16.2 Å². The van der Waals surface area contributed by atoms with E-state index >= 15 is 0 Å². The van der Waals surface area contributed by atoms with E-state index in [1.54, 1.807) is 6.08 Å². The van der Waals surface area contributed by atoms with Gasteiger partial charge in [-0.25, -0.2) is 0 Å². The molecule has 0 aromatic heterocycles. The first kappa shape index (κ1) is 72.7. The molecular formula is C75H111N5O5. The summed E-state index contributed by atoms with van der Waals surface area (Å²) >= 11 is 0. The van der Waals surface area contributed by atoms with Gasteiger partial charge < -0.3 is 26.6 Å². The second-order valence-electron chi connectivity index (χ2n) is 26.4. The van der Waals surface area contributed by atoms with Gasteiger partial charge in [0.05, 0.1) is 0 Å². The van der Waals surface area contributed by atoms with E-state index in [1.807, 2.05) is 77.2 Å². The van der Waals surface area contributed by atoms with Crippen molar-refractivity contribution >= 4 is 29.5 Å². The Kier molecular flexibility index (Phi) is 31.2. The molecule has 0 bridgehead atoms. The standard InChI is InChI=1S/C75H111N5O5/c1-18-19-45-78-71(84)66(34-20-21-46-76-69(82)52-59(8)49-58(7)48-57(6)37-40-65-62(11)33-26-44-75(65,16)17)80-72(85)67(79-70(83)51-56(5)30-23-28-54(3)36-39-64-61(10)32-25-43-74(64,14)15)41-47-77-68(81)50-55(4)29-22-27-53(2)35-38-63-60(9)31-24-42-73(63,12)13/h22-23,27-30,35-40,48-52,66-67H,18-21,24-26,31-34,41-47H2,1-17H3,(H,76,82)(H,77,81)(H,78,84)(H,79,83)(H,80,85)/b29-22+,30-23+,38-35+,39-36+,40-37+,53-27+,54-28+,55-50+,56-51+,57-48+,58-49+,59-52+/t66?,67-/m0/s1. The van der Waals surface area contributed by atoms with Crippen molar-refractivity contribution in [3.63, 3.8) is 0 Å². The molecule has 1 unspecified atom stereocenters. The van der Waals surface area contributed by atoms with E-state index in [0.29, 0.717) is 37.9 Å². The van der Waals surface area contributed by atoms with Crippen molar-refractivity contribution in [2.75, 3.05) is 19.6 Å². The Balaban J connectivity index is 1.74. The molecule has 5 N–H and O–H groups in total. The third-order valence-corrected chi connectivity index (χ3v) is 16.6. The number of hydrogen-bond acceptors (Lipinski definition) is 5. The molecule has 10 heteroatoms. The molecule has 3 rings (SSSR count). The second-order valence-corrected chi connectivity index (χ2v) is 26.4. The zero-order valence-corrected chi connectivity index (χ0v) is 55.7. The molecular weight excluding hydrogens is 1050 g/mol. The van der Waals surface area contributed by atoms with Gasteiger partial charge in [0.2, 0.25) is 29.5 Å². The molecule has 85 heavy (non-hydrogen) atoms. The smallest absolute Gasteiger partial charge is 0.244 e. The van der Waals surface area contributed by atoms with Crippen molar-refractivity contribution in [1.29, 1.82) is 0 Å². The van der Waals surface area contributed by atoms with Gasteiger partial charge in [0.15, 0.2) is 0 Å². The second kappa shape index (κ2) is 36.4. The molecule has 5 amide bonds. The average Bonchev–Trinajstić information content (AvgIpc) is 3.44. The Morgan fingerprint density at radius 3 is 1.28 bits per heavy atom. The molecule has 10 nitrogen and oxygen atoms in total. The van der Waals surface area contributed by atoms with Crippen LogP contribution in [0.25, 0.3) is 0 Å². The Hall–Kier alpha value is -6.55. The fourth-order valence-corrected chi connectivity index (χ4v) is 11.7. The fourth-order valence-electron chi connectivity index (χ4n) is 11.7. The minimum atomic E-state index is -1.08. The van der Waals surface area contributed by atoms with E-state index in [0.717, 1.165) is 65.5 Å². The van der Waals surface area contributed by atoms with Crippen LogP contribution in [0.3, 0.4) is 0 Å². The lowest BCUT2D eigenvalue weighted by Gasteiger charge is -2.33. The number of allylic oxidation sites excluding steroid dienone is 27. The molecule has 0 saturated heterocycles. The maximum atomic E-state index is 14.3. The number of nitrogens with one attached hydrogen (secondary N) is 5. The predicted molar refractivity (Wildman–Crippen MR) is 359 cm³/mol. The lowest BCUT2D eigenvalue weighted by Crippen LogP contribution is -2.54. The maximum absolute atomic E-state index is 14.3. The quantitative estimate of drug-likeness (QED) is 0.0276. The molecule has 0 saturated carbocycles. The number of hydrogen-bond donors (Lipinski definition) is 5. The minimum absolute atomic E-state index is 0.0676. The summed E-state index contributed by atoms with van der Waals surface area (Å²) in [6.45, 7) is 37.4. The molecule has 0 radical (unpaired) electrons. The molecule has 0 aliphatic heterocycles. The van der Waals surface area contributed by atoms with Crippen molar-refractivity contribution in [2.45, 2.75) is 226 Å². The van der Waals surface area contributed by atoms with E-state index in [4.69, 9.17) is 0 Å². The highest BCUT2D eigenvalue weighted by atomic mass is 16.2. The van der Waals surface area contributed by atoms with Crippen LogP contribution in [0.5, 0.6) is 0 Å². The summed E-state index contributed by atoms with van der Waals surface area (Å²) in [5.41, 5.74) is 15.7. The van der Waals surface area contributed by atoms with Crippen LogP contribution < -0.4 is 26.6 Å². The molecule has 0 aromatic carbocycles. The Morgan fingerprint density at radius 1 is 0.424 bits per heavy atom. The molecule has 0 spiro atoms. The van der Waals surface area contributed by atoms with Gasteiger partial charge in [-0.1, -0.05) is 179 Å². The van der Waals surface area contributed by atoms with Crippen molar-refractivity contribution in [3.8, 4) is 0 Å². The normalized spacial score (nSPS) is 19.4. The summed E-state index contributed by atoms with van der Waals surface area (Å²) < 4.78 is 0. The van der Waals surface area contributed by atoms with Gasteiger partial charge in [-0.3, -0.25) is 24.0 Å². The summed E-state index contributed by atoms with van der Waals surface area (Å²) in [7, 11) is 0. The molecule has 2 atom stereocenters. The Labute approximate surface area is 515 Å². The fraction of sp³-hybridized carbons (Fsp3) is 0.533. The number of rotatable bonds is 30. The van der Waals surface area contributed by atoms with Gasteiger partial charge in [0.1, 0.15) is 12.1 Å². The largest absolute Gasteiger partial charge is 0.354 e. The zero-order valence-electron chi connectivity index (χ0n) is 55.7. The highest BCUT2D eigenvalue weighted by molar-refractivity contribution is 5.95. The highest BCUT2D eigenvalue weighted by Crippen LogP contribution is 2.43. The molecule has 3 aliphatic rings. The van der Waals surface area contributed by atoms with Crippen LogP contribution in [-0.4, -0.2) is 61.3 Å². The van der Waals surface area contributed by atoms with E-state index < -0.39 is 23.9 Å². The Bertz CT molecular complexity index is 2830. The first-order chi connectivity index (χ1) is 40.0. The van der Waals surface area contributed by atoms with Gasteiger partial charge >= 0.3 is 0 Å². The SMILES string of the molecule is CCCCNC(=O)C(CCCCNC(=O)/C=C(C)/C=C(C)/C=C(C)/C=C/C1=C(C)CCCC1(C)C)NC(=O)[C@H](CCNC(=O)/C=C(C)/C=C/C=C(C)/C=C/C1=C(C)CCCC1(C)C)NC(=O)/C=C(C)/C=C/C=C(C)/C=C/C1=C(C)CCCC1(C)C. The van der Waals surface area contributed by atoms with E-state index in [-0.39, 0.29) is 46.9 Å². The number of unbranched alkanes of at least 4 members (excludes halogenated alkanes) is 2. The number of carbonyl (C=O) groups excluding carboxylic acids is 5. The monoisotopic (exact) mass is 1160 g/mol. The topological polar surface area (TPSA) is 146 Å². The molecule has 0 aromatic rings. The lowest BCUT2D eigenvalue weighted by molar-refractivity contribution is -0.131. The third-order valence-electron chi connectivity index (χ3n) is 16.6. The van der Waals surface area contributed by atoms with Crippen molar-refractivity contribution in [3.05, 3.63) is 176 Å². The van der Waals surface area contributed by atoms with Crippen LogP contribution in [0.1, 0.15) is 214 Å². The molecule has 0 heterocycles. The van der Waals surface area contributed by atoms with Crippen LogP contribution in [0.2, 0.25) is 0 Å². The van der Waals surface area contributed by atoms with Gasteiger partial charge in [-0.05, 0) is 209 Å². The van der Waals surface area contributed by atoms with Crippen molar-refractivity contribution < 1.29 is 24.0 Å². The van der Waals surface area contributed by atoms with Gasteiger partial charge in [-0.2, -0.15) is 0 Å². The van der Waals surface area contributed by atoms with E-state index in [9.17, 15) is 24.0 Å². The summed E-state index contributed by atoms with van der Waals surface area (Å²) in [6.07, 6.45) is 47.2. The highest BCUT2D eigenvalue weighted by Gasteiger charge is 2.30. The van der Waals surface area contributed by atoms with Crippen molar-refractivity contribution in [2.24, 2.45) is 16.2 Å². The van der Waals surface area contributed by atoms with Crippen LogP contribution in [0.4, 0.5) is 0 Å². The van der Waals surface area contributed by atoms with Crippen LogP contribution in [-0.2, 0) is 24.0 Å². The average molecular weight is 1160 g/mol. The predicted octanol–water partition coefficient (Wildman–Crippen LogP) is 16.6. The van der Waals surface area contributed by atoms with Gasteiger partial charge in [-0.15, -0.1) is 0 Å². The van der Waals surface area contributed by atoms with Crippen molar-refractivity contribution in [1.82, 2.24) is 26.6 Å². The van der Waals surface area contributed by atoms with Crippen LogP contribution in [0.15, 0.2) is 176 Å². The third kappa shape index (κ3) is 27.6. The van der Waals surface area contributed by atoms with E-state index in [2.05, 4.69) is 152 Å². The molecule has 3 aliphatic carbocycles. The lowest BCUT2D eigenvalue weighted by atomic mass is 9.72. The van der Waals surface area contributed by atoms with E-state index in [1.165, 1.54) is 84.1 Å². The summed E-state index contributed by atoms with van der Waals surface area (Å²) in [4.78, 5) is 67.9. The number of carbonyl (C=O) groups is 5. The zero-order chi connectivity index (χ0) is 63.3. The maximum Gasteiger partial charge on any atom is 0.244 e. The van der Waals surface area contributed by atoms with Crippen LogP contribution >= 0.6 is 0 Å². The first-order valence-electron chi connectivity index (χ1n) is 31.7. The summed E-state index contributed by atoms with van der Waals surface area (Å²) in [6, 6.07) is -1.98. The van der Waals surface area contributed by atoms with Gasteiger partial charge in [0, 0.05) is 37.9 Å². The summed E-state index contributed by atoms with van der Waals surface area (Å²) in [5.74, 6) is -1.88. The number of amides is 5. The Morgan fingerprint density at radius 2 is 0.812 bits per heavy atom. The minimum Gasteiger partial charge on any atom is -0.354 e. The summed E-state index contributed by atoms with van der Waals surface area (Å²) in [5, 5.41) is 14.6. The molecule has 0 fully saturated rings. The first-order valence-corrected chi connectivity index (χ1v) is 31.7. The molecule has 466 valence electrons. The van der Waals surface area contributed by atoms with Gasteiger partial charge in [0.25, 0.3) is 0 Å².